The molecule has 4 nitrogen and oxygen atoms in total. The van der Waals surface area contributed by atoms with Crippen LogP contribution in [-0.4, -0.2) is 40.9 Å². The van der Waals surface area contributed by atoms with Crippen molar-refractivity contribution in [1.82, 2.24) is 15.1 Å². The number of nitrogens with zero attached hydrogens (tertiary/aromatic N) is 3. The van der Waals surface area contributed by atoms with Crippen LogP contribution < -0.4 is 0 Å². The lowest BCUT2D eigenvalue weighted by atomic mass is 10.0. The zero-order valence-electron chi connectivity index (χ0n) is 10.8. The highest BCUT2D eigenvalue weighted by atomic mass is 32.1. The van der Waals surface area contributed by atoms with E-state index in [1.165, 1.54) is 0 Å². The monoisotopic (exact) mass is 255 g/mol. The van der Waals surface area contributed by atoms with Crippen molar-refractivity contribution >= 4 is 11.3 Å². The summed E-state index contributed by atoms with van der Waals surface area (Å²) in [4.78, 5) is 2.43. The van der Waals surface area contributed by atoms with Gasteiger partial charge in [0.05, 0.1) is 19.3 Å². The summed E-state index contributed by atoms with van der Waals surface area (Å²) in [5, 5.41) is 10.4. The Morgan fingerprint density at radius 3 is 2.94 bits per heavy atom. The standard InChI is InChI=1S/C12H21N3OS/c1-9(2)6-11-7-15(4-5-16-11)8-12-14-13-10(3)17-12/h9,11H,4-8H2,1-3H3. The third-order valence-corrected chi connectivity index (χ3v) is 3.71. The van der Waals surface area contributed by atoms with Crippen LogP contribution in [0.25, 0.3) is 0 Å². The molecule has 1 aliphatic heterocycles. The minimum atomic E-state index is 0.387. The minimum absolute atomic E-state index is 0.387. The van der Waals surface area contributed by atoms with Gasteiger partial charge in [-0.25, -0.2) is 0 Å². The molecule has 1 unspecified atom stereocenters. The molecular weight excluding hydrogens is 234 g/mol. The van der Waals surface area contributed by atoms with Crippen LogP contribution in [-0.2, 0) is 11.3 Å². The molecule has 2 rings (SSSR count). The molecule has 0 N–H and O–H groups in total. The number of aryl methyl sites for hydroxylation is 1. The summed E-state index contributed by atoms with van der Waals surface area (Å²) in [5.41, 5.74) is 0. The van der Waals surface area contributed by atoms with Gasteiger partial charge in [0, 0.05) is 13.1 Å². The van der Waals surface area contributed by atoms with E-state index in [4.69, 9.17) is 4.74 Å². The molecule has 0 aliphatic carbocycles. The van der Waals surface area contributed by atoms with Crippen LogP contribution in [0.2, 0.25) is 0 Å². The molecule has 5 heteroatoms. The van der Waals surface area contributed by atoms with Crippen LogP contribution in [0, 0.1) is 12.8 Å². The van der Waals surface area contributed by atoms with Gasteiger partial charge in [0.15, 0.2) is 0 Å². The third-order valence-electron chi connectivity index (χ3n) is 2.88. The number of aromatic nitrogens is 2. The summed E-state index contributed by atoms with van der Waals surface area (Å²) in [6.45, 7) is 10.3. The molecule has 1 fully saturated rings. The highest BCUT2D eigenvalue weighted by Gasteiger charge is 2.22. The van der Waals surface area contributed by atoms with E-state index in [9.17, 15) is 0 Å². The smallest absolute Gasteiger partial charge is 0.131 e. The van der Waals surface area contributed by atoms with E-state index >= 15 is 0 Å². The van der Waals surface area contributed by atoms with E-state index < -0.39 is 0 Å². The van der Waals surface area contributed by atoms with Gasteiger partial charge in [-0.1, -0.05) is 13.8 Å². The molecule has 0 saturated carbocycles. The second-order valence-electron chi connectivity index (χ2n) is 5.07. The van der Waals surface area contributed by atoms with Gasteiger partial charge in [-0.15, -0.1) is 21.5 Å². The number of hydrogen-bond donors (Lipinski definition) is 0. The van der Waals surface area contributed by atoms with E-state index in [1.54, 1.807) is 11.3 Å². The zero-order chi connectivity index (χ0) is 12.3. The molecule has 1 saturated heterocycles. The fourth-order valence-corrected chi connectivity index (χ4v) is 2.94. The normalized spacial score (nSPS) is 22.2. The van der Waals surface area contributed by atoms with Gasteiger partial charge in [-0.05, 0) is 19.3 Å². The Morgan fingerprint density at radius 1 is 1.47 bits per heavy atom. The summed E-state index contributed by atoms with van der Waals surface area (Å²) >= 11 is 1.69. The summed E-state index contributed by atoms with van der Waals surface area (Å²) in [6.07, 6.45) is 1.53. The average molecular weight is 255 g/mol. The SMILES string of the molecule is Cc1nnc(CN2CCOC(CC(C)C)C2)s1. The van der Waals surface area contributed by atoms with Crippen LogP contribution >= 0.6 is 11.3 Å². The second-order valence-corrected chi connectivity index (χ2v) is 6.34. The highest BCUT2D eigenvalue weighted by molar-refractivity contribution is 7.11. The van der Waals surface area contributed by atoms with Gasteiger partial charge in [0.1, 0.15) is 10.0 Å². The molecule has 0 aromatic carbocycles. The Balaban J connectivity index is 1.85. The molecule has 0 radical (unpaired) electrons. The maximum atomic E-state index is 5.79. The van der Waals surface area contributed by atoms with Crippen molar-refractivity contribution in [3.8, 4) is 0 Å². The van der Waals surface area contributed by atoms with Crippen molar-refractivity contribution in [1.29, 1.82) is 0 Å². The molecule has 96 valence electrons. The van der Waals surface area contributed by atoms with Gasteiger partial charge in [-0.2, -0.15) is 0 Å². The average Bonchev–Trinajstić information content (AvgIpc) is 2.63. The molecule has 0 spiro atoms. The van der Waals surface area contributed by atoms with Crippen molar-refractivity contribution in [2.24, 2.45) is 5.92 Å². The van der Waals surface area contributed by atoms with E-state index in [0.29, 0.717) is 12.0 Å². The Kier molecular flexibility index (Phi) is 4.48. The Labute approximate surface area is 107 Å². The minimum Gasteiger partial charge on any atom is -0.376 e. The molecule has 1 aromatic heterocycles. The first-order chi connectivity index (χ1) is 8.13. The fraction of sp³-hybridized carbons (Fsp3) is 0.833. The molecular formula is C12H21N3OS. The molecule has 1 aliphatic rings. The topological polar surface area (TPSA) is 38.2 Å². The largest absolute Gasteiger partial charge is 0.376 e. The molecule has 1 aromatic rings. The lowest BCUT2D eigenvalue weighted by Gasteiger charge is -2.33. The van der Waals surface area contributed by atoms with Crippen molar-refractivity contribution in [3.05, 3.63) is 10.0 Å². The van der Waals surface area contributed by atoms with Gasteiger partial charge in [0.2, 0.25) is 0 Å². The van der Waals surface area contributed by atoms with Crippen molar-refractivity contribution in [2.75, 3.05) is 19.7 Å². The lowest BCUT2D eigenvalue weighted by Crippen LogP contribution is -2.42. The van der Waals surface area contributed by atoms with Crippen molar-refractivity contribution < 1.29 is 4.74 Å². The first-order valence-electron chi connectivity index (χ1n) is 6.26. The summed E-state index contributed by atoms with van der Waals surface area (Å²) < 4.78 is 5.79. The summed E-state index contributed by atoms with van der Waals surface area (Å²) in [6, 6.07) is 0. The molecule has 0 amide bonds. The molecule has 0 bridgehead atoms. The predicted octanol–water partition coefficient (Wildman–Crippen LogP) is 2.09. The van der Waals surface area contributed by atoms with Gasteiger partial charge in [-0.3, -0.25) is 4.90 Å². The Hall–Kier alpha value is -0.520. The van der Waals surface area contributed by atoms with Gasteiger partial charge >= 0.3 is 0 Å². The number of morpholine rings is 1. The highest BCUT2D eigenvalue weighted by Crippen LogP contribution is 2.17. The molecule has 2 heterocycles. The maximum Gasteiger partial charge on any atom is 0.131 e. The van der Waals surface area contributed by atoms with Crippen LogP contribution in [0.15, 0.2) is 0 Å². The van der Waals surface area contributed by atoms with E-state index in [0.717, 1.165) is 42.7 Å². The zero-order valence-corrected chi connectivity index (χ0v) is 11.7. The van der Waals surface area contributed by atoms with Gasteiger partial charge < -0.3 is 4.74 Å². The van der Waals surface area contributed by atoms with E-state index in [-0.39, 0.29) is 0 Å². The van der Waals surface area contributed by atoms with Gasteiger partial charge in [0.25, 0.3) is 0 Å². The number of ether oxygens (including phenoxy) is 1. The summed E-state index contributed by atoms with van der Waals surface area (Å²) in [5.74, 6) is 0.698. The van der Waals surface area contributed by atoms with Crippen LogP contribution in [0.3, 0.4) is 0 Å². The first kappa shape index (κ1) is 12.9. The Bertz CT molecular complexity index is 353. The molecule has 17 heavy (non-hydrogen) atoms. The van der Waals surface area contributed by atoms with E-state index in [2.05, 4.69) is 28.9 Å². The Morgan fingerprint density at radius 2 is 2.29 bits per heavy atom. The van der Waals surface area contributed by atoms with Crippen LogP contribution in [0.4, 0.5) is 0 Å². The fourth-order valence-electron chi connectivity index (χ4n) is 2.19. The molecule has 1 atom stereocenters. The lowest BCUT2D eigenvalue weighted by molar-refractivity contribution is -0.0400. The van der Waals surface area contributed by atoms with E-state index in [1.807, 2.05) is 6.92 Å². The first-order valence-corrected chi connectivity index (χ1v) is 7.08. The number of hydrogen-bond acceptors (Lipinski definition) is 5. The number of rotatable bonds is 4. The van der Waals surface area contributed by atoms with Crippen LogP contribution in [0.1, 0.15) is 30.3 Å². The van der Waals surface area contributed by atoms with Crippen LogP contribution in [0.5, 0.6) is 0 Å². The maximum absolute atomic E-state index is 5.79. The second kappa shape index (κ2) is 5.89. The predicted molar refractivity (Wildman–Crippen MR) is 69.1 cm³/mol. The quantitative estimate of drug-likeness (QED) is 0.826. The summed E-state index contributed by atoms with van der Waals surface area (Å²) in [7, 11) is 0. The van der Waals surface area contributed by atoms with Crippen molar-refractivity contribution in [2.45, 2.75) is 39.8 Å². The third kappa shape index (κ3) is 4.01. The van der Waals surface area contributed by atoms with Crippen molar-refractivity contribution in [3.63, 3.8) is 0 Å².